The number of anilines is 1. The van der Waals surface area contributed by atoms with E-state index in [-0.39, 0.29) is 17.4 Å². The van der Waals surface area contributed by atoms with Gasteiger partial charge in [-0.3, -0.25) is 0 Å². The van der Waals surface area contributed by atoms with Crippen molar-refractivity contribution >= 4 is 11.8 Å². The van der Waals surface area contributed by atoms with E-state index in [0.29, 0.717) is 29.2 Å². The van der Waals surface area contributed by atoms with Crippen LogP contribution in [0.3, 0.4) is 0 Å². The lowest BCUT2D eigenvalue weighted by Crippen LogP contribution is -2.04. The van der Waals surface area contributed by atoms with E-state index >= 15 is 0 Å². The van der Waals surface area contributed by atoms with Gasteiger partial charge in [-0.2, -0.15) is 5.26 Å². The Labute approximate surface area is 144 Å². The number of nitrogens with zero attached hydrogens (tertiary/aromatic N) is 2. The summed E-state index contributed by atoms with van der Waals surface area (Å²) < 4.78 is 10.4. The van der Waals surface area contributed by atoms with Gasteiger partial charge in [0.25, 0.3) is 0 Å². The van der Waals surface area contributed by atoms with Gasteiger partial charge in [0.05, 0.1) is 24.1 Å². The predicted molar refractivity (Wildman–Crippen MR) is 92.5 cm³/mol. The van der Waals surface area contributed by atoms with E-state index in [1.165, 1.54) is 6.26 Å². The Bertz CT molecular complexity index is 939. The number of carbonyl (C=O) groups excluding carboxylic acids is 1. The van der Waals surface area contributed by atoms with E-state index < -0.39 is 0 Å². The molecule has 0 spiro atoms. The summed E-state index contributed by atoms with van der Waals surface area (Å²) in [7, 11) is 0. The summed E-state index contributed by atoms with van der Waals surface area (Å²) in [4.78, 5) is 16.0. The Balaban J connectivity index is 2.04. The first-order valence-electron chi connectivity index (χ1n) is 7.66. The van der Waals surface area contributed by atoms with E-state index in [4.69, 9.17) is 14.9 Å². The van der Waals surface area contributed by atoms with E-state index in [1.54, 1.807) is 49.4 Å². The van der Waals surface area contributed by atoms with Crippen LogP contribution in [0.2, 0.25) is 0 Å². The Morgan fingerprint density at radius 2 is 2.08 bits per heavy atom. The smallest absolute Gasteiger partial charge is 0.338 e. The number of ether oxygens (including phenoxy) is 1. The van der Waals surface area contributed by atoms with Crippen LogP contribution in [0.1, 0.15) is 22.8 Å². The van der Waals surface area contributed by atoms with Crippen LogP contribution in [0, 0.1) is 11.3 Å². The summed E-state index contributed by atoms with van der Waals surface area (Å²) in [5.74, 6) is 0.286. The molecule has 0 fully saturated rings. The molecule has 0 amide bonds. The van der Waals surface area contributed by atoms with Gasteiger partial charge in [0.2, 0.25) is 0 Å². The highest BCUT2D eigenvalue weighted by atomic mass is 16.5. The lowest BCUT2D eigenvalue weighted by Gasteiger charge is -2.09. The van der Waals surface area contributed by atoms with E-state index in [0.717, 1.165) is 5.56 Å². The first-order valence-corrected chi connectivity index (χ1v) is 7.66. The van der Waals surface area contributed by atoms with Crippen molar-refractivity contribution in [3.8, 4) is 28.7 Å². The molecule has 6 heteroatoms. The molecule has 0 bridgehead atoms. The summed E-state index contributed by atoms with van der Waals surface area (Å²) in [5.41, 5.74) is 8.58. The van der Waals surface area contributed by atoms with Gasteiger partial charge in [0.15, 0.2) is 0 Å². The zero-order valence-electron chi connectivity index (χ0n) is 13.5. The molecule has 1 aromatic carbocycles. The van der Waals surface area contributed by atoms with Crippen molar-refractivity contribution < 1.29 is 13.9 Å². The summed E-state index contributed by atoms with van der Waals surface area (Å²) in [5, 5.41) is 9.34. The van der Waals surface area contributed by atoms with Gasteiger partial charge in [-0.05, 0) is 37.3 Å². The number of benzene rings is 1. The topological polar surface area (TPSA) is 102 Å². The number of aromatic nitrogens is 1. The average molecular weight is 333 g/mol. The fourth-order valence-electron chi connectivity index (χ4n) is 2.45. The number of pyridine rings is 1. The molecule has 124 valence electrons. The lowest BCUT2D eigenvalue weighted by atomic mass is 10.0. The molecule has 3 aromatic rings. The minimum atomic E-state index is -0.377. The number of esters is 1. The molecule has 0 aliphatic heterocycles. The van der Waals surface area contributed by atoms with Gasteiger partial charge in [-0.25, -0.2) is 9.78 Å². The van der Waals surface area contributed by atoms with Crippen LogP contribution in [-0.2, 0) is 4.74 Å². The van der Waals surface area contributed by atoms with Crippen molar-refractivity contribution in [3.05, 3.63) is 59.9 Å². The molecule has 0 aliphatic rings. The highest BCUT2D eigenvalue weighted by molar-refractivity contribution is 5.90. The second kappa shape index (κ2) is 6.89. The zero-order chi connectivity index (χ0) is 17.8. The van der Waals surface area contributed by atoms with Crippen molar-refractivity contribution in [2.75, 3.05) is 12.3 Å². The number of carbonyl (C=O) groups is 1. The van der Waals surface area contributed by atoms with Crippen molar-refractivity contribution in [3.63, 3.8) is 0 Å². The third kappa shape index (κ3) is 3.21. The van der Waals surface area contributed by atoms with Crippen molar-refractivity contribution in [1.29, 1.82) is 5.26 Å². The minimum absolute atomic E-state index is 0.126. The van der Waals surface area contributed by atoms with Gasteiger partial charge in [0, 0.05) is 11.1 Å². The van der Waals surface area contributed by atoms with Crippen molar-refractivity contribution in [2.24, 2.45) is 0 Å². The molecule has 3 rings (SSSR count). The number of furan rings is 1. The lowest BCUT2D eigenvalue weighted by molar-refractivity contribution is 0.0526. The third-order valence-electron chi connectivity index (χ3n) is 3.64. The Morgan fingerprint density at radius 1 is 1.32 bits per heavy atom. The monoisotopic (exact) mass is 333 g/mol. The van der Waals surface area contributed by atoms with E-state index in [1.807, 2.05) is 0 Å². The van der Waals surface area contributed by atoms with Crippen LogP contribution in [0.5, 0.6) is 0 Å². The van der Waals surface area contributed by atoms with Gasteiger partial charge >= 0.3 is 5.97 Å². The van der Waals surface area contributed by atoms with Crippen LogP contribution in [0.4, 0.5) is 5.82 Å². The van der Waals surface area contributed by atoms with Gasteiger partial charge in [-0.1, -0.05) is 12.1 Å². The second-order valence-electron chi connectivity index (χ2n) is 5.20. The number of nitrogen functional groups attached to an aromatic ring is 1. The average Bonchev–Trinajstić information content (AvgIpc) is 3.16. The SMILES string of the molecule is CCOC(=O)c1ccc(-c2cc(-c3ccco3)c(C#N)c(N)n2)cc1. The van der Waals surface area contributed by atoms with Gasteiger partial charge in [-0.15, -0.1) is 0 Å². The standard InChI is InChI=1S/C19H15N3O3/c1-2-24-19(23)13-7-5-12(6-8-13)16-10-14(17-4-3-9-25-17)15(11-20)18(21)22-16/h3-10H,2H2,1H3,(H2,21,22). The van der Waals surface area contributed by atoms with Gasteiger partial charge < -0.3 is 14.9 Å². The molecular formula is C19H15N3O3. The Hall–Kier alpha value is -3.59. The molecule has 0 saturated heterocycles. The quantitative estimate of drug-likeness (QED) is 0.731. The van der Waals surface area contributed by atoms with Crippen molar-refractivity contribution in [2.45, 2.75) is 6.92 Å². The molecule has 0 aliphatic carbocycles. The normalized spacial score (nSPS) is 10.2. The van der Waals surface area contributed by atoms with Gasteiger partial charge in [0.1, 0.15) is 23.2 Å². The third-order valence-corrected chi connectivity index (χ3v) is 3.64. The molecular weight excluding hydrogens is 318 g/mol. The zero-order valence-corrected chi connectivity index (χ0v) is 13.5. The molecule has 25 heavy (non-hydrogen) atoms. The molecule has 0 atom stereocenters. The summed E-state index contributed by atoms with van der Waals surface area (Å²) >= 11 is 0. The predicted octanol–water partition coefficient (Wildman–Crippen LogP) is 3.64. The second-order valence-corrected chi connectivity index (χ2v) is 5.20. The number of nitriles is 1. The summed E-state index contributed by atoms with van der Waals surface area (Å²) in [6, 6.07) is 14.1. The number of hydrogen-bond acceptors (Lipinski definition) is 6. The summed E-state index contributed by atoms with van der Waals surface area (Å²) in [6.07, 6.45) is 1.53. The molecule has 6 nitrogen and oxygen atoms in total. The Morgan fingerprint density at radius 3 is 2.68 bits per heavy atom. The molecule has 0 saturated carbocycles. The van der Waals surface area contributed by atoms with Crippen LogP contribution >= 0.6 is 0 Å². The van der Waals surface area contributed by atoms with Crippen LogP contribution in [0.25, 0.3) is 22.6 Å². The first-order chi connectivity index (χ1) is 12.1. The fraction of sp³-hybridized carbons (Fsp3) is 0.105. The molecule has 2 aromatic heterocycles. The highest BCUT2D eigenvalue weighted by Crippen LogP contribution is 2.31. The van der Waals surface area contributed by atoms with E-state index in [2.05, 4.69) is 11.1 Å². The Kier molecular flexibility index (Phi) is 4.48. The molecule has 2 N–H and O–H groups in total. The fourth-order valence-corrected chi connectivity index (χ4v) is 2.45. The molecule has 2 heterocycles. The number of hydrogen-bond donors (Lipinski definition) is 1. The molecule has 0 radical (unpaired) electrons. The largest absolute Gasteiger partial charge is 0.464 e. The maximum Gasteiger partial charge on any atom is 0.338 e. The maximum atomic E-state index is 11.7. The van der Waals surface area contributed by atoms with Crippen LogP contribution < -0.4 is 5.73 Å². The first kappa shape index (κ1) is 16.3. The number of nitrogens with two attached hydrogens (primary N) is 1. The van der Waals surface area contributed by atoms with E-state index in [9.17, 15) is 10.1 Å². The summed E-state index contributed by atoms with van der Waals surface area (Å²) in [6.45, 7) is 2.08. The van der Waals surface area contributed by atoms with Crippen LogP contribution in [0.15, 0.2) is 53.1 Å². The minimum Gasteiger partial charge on any atom is -0.464 e. The highest BCUT2D eigenvalue weighted by Gasteiger charge is 2.15. The number of rotatable bonds is 4. The van der Waals surface area contributed by atoms with Crippen LogP contribution in [-0.4, -0.2) is 17.6 Å². The van der Waals surface area contributed by atoms with Crippen molar-refractivity contribution in [1.82, 2.24) is 4.98 Å². The molecule has 0 unspecified atom stereocenters. The maximum absolute atomic E-state index is 11.7.